The third-order valence-electron chi connectivity index (χ3n) is 2.10. The molecule has 0 unspecified atom stereocenters. The third-order valence-corrected chi connectivity index (χ3v) is 2.10. The van der Waals surface area contributed by atoms with Crippen LogP contribution in [0.25, 0.3) is 0 Å². The molecule has 15 heavy (non-hydrogen) atoms. The molecule has 0 saturated carbocycles. The van der Waals surface area contributed by atoms with Crippen molar-refractivity contribution in [3.63, 3.8) is 0 Å². The Kier molecular flexibility index (Phi) is 3.96. The number of pyridine rings is 1. The fourth-order valence-electron chi connectivity index (χ4n) is 1.23. The van der Waals surface area contributed by atoms with Crippen LogP contribution in [0, 0.1) is 0 Å². The fraction of sp³-hybridized carbons (Fsp3) is 0.500. The van der Waals surface area contributed by atoms with E-state index in [-0.39, 0.29) is 12.6 Å². The van der Waals surface area contributed by atoms with Crippen LogP contribution in [0.3, 0.4) is 0 Å². The molecule has 2 N–H and O–H groups in total. The van der Waals surface area contributed by atoms with Crippen molar-refractivity contribution < 1.29 is 8.78 Å². The Morgan fingerprint density at radius 3 is 2.73 bits per heavy atom. The first-order chi connectivity index (χ1) is 7.00. The second-order valence-corrected chi connectivity index (χ2v) is 3.51. The van der Waals surface area contributed by atoms with Gasteiger partial charge in [0.1, 0.15) is 5.82 Å². The van der Waals surface area contributed by atoms with Crippen LogP contribution in [-0.2, 0) is 0 Å². The SMILES string of the molecule is C[C@H](N)c1ccnc(N(C)CC(F)F)c1. The summed E-state index contributed by atoms with van der Waals surface area (Å²) in [7, 11) is 1.58. The van der Waals surface area contributed by atoms with Crippen molar-refractivity contribution in [2.45, 2.75) is 19.4 Å². The summed E-state index contributed by atoms with van der Waals surface area (Å²) < 4.78 is 24.3. The smallest absolute Gasteiger partial charge is 0.255 e. The molecule has 0 aliphatic carbocycles. The van der Waals surface area contributed by atoms with Crippen LogP contribution in [0.5, 0.6) is 0 Å². The largest absolute Gasteiger partial charge is 0.354 e. The number of rotatable bonds is 4. The molecule has 84 valence electrons. The van der Waals surface area contributed by atoms with Crippen molar-refractivity contribution in [2.75, 3.05) is 18.5 Å². The van der Waals surface area contributed by atoms with Crippen LogP contribution in [0.15, 0.2) is 18.3 Å². The lowest BCUT2D eigenvalue weighted by Gasteiger charge is -2.18. The van der Waals surface area contributed by atoms with Crippen LogP contribution >= 0.6 is 0 Å². The van der Waals surface area contributed by atoms with E-state index in [0.717, 1.165) is 5.56 Å². The minimum atomic E-state index is -2.37. The van der Waals surface area contributed by atoms with E-state index in [1.807, 2.05) is 6.92 Å². The van der Waals surface area contributed by atoms with Gasteiger partial charge in [-0.05, 0) is 24.6 Å². The van der Waals surface area contributed by atoms with E-state index in [0.29, 0.717) is 5.82 Å². The molecule has 0 spiro atoms. The van der Waals surface area contributed by atoms with Crippen molar-refractivity contribution in [2.24, 2.45) is 5.73 Å². The Balaban J connectivity index is 2.80. The van der Waals surface area contributed by atoms with E-state index in [1.54, 1.807) is 25.4 Å². The van der Waals surface area contributed by atoms with Gasteiger partial charge in [0.25, 0.3) is 6.43 Å². The van der Waals surface area contributed by atoms with Crippen LogP contribution in [-0.4, -0.2) is 25.0 Å². The van der Waals surface area contributed by atoms with E-state index in [2.05, 4.69) is 4.98 Å². The third kappa shape index (κ3) is 3.43. The first-order valence-electron chi connectivity index (χ1n) is 4.71. The zero-order valence-corrected chi connectivity index (χ0v) is 8.82. The Bertz CT molecular complexity index is 315. The van der Waals surface area contributed by atoms with Gasteiger partial charge >= 0.3 is 0 Å². The maximum absolute atomic E-state index is 12.1. The molecule has 1 atom stereocenters. The standard InChI is InChI=1S/C10H15F2N3/c1-7(13)8-3-4-14-10(5-8)15(2)6-9(11)12/h3-5,7,9H,6,13H2,1-2H3/t7-/m0/s1. The van der Waals surface area contributed by atoms with Gasteiger partial charge in [0, 0.05) is 19.3 Å². The Labute approximate surface area is 87.9 Å². The van der Waals surface area contributed by atoms with Gasteiger partial charge in [0.15, 0.2) is 0 Å². The minimum Gasteiger partial charge on any atom is -0.354 e. The first-order valence-corrected chi connectivity index (χ1v) is 4.71. The highest BCUT2D eigenvalue weighted by molar-refractivity contribution is 5.40. The van der Waals surface area contributed by atoms with Gasteiger partial charge in [-0.1, -0.05) is 0 Å². The second kappa shape index (κ2) is 5.02. The molecule has 0 saturated heterocycles. The minimum absolute atomic E-state index is 0.119. The summed E-state index contributed by atoms with van der Waals surface area (Å²) in [5.41, 5.74) is 6.58. The average molecular weight is 215 g/mol. The molecule has 1 aromatic rings. The Morgan fingerprint density at radius 1 is 1.53 bits per heavy atom. The van der Waals surface area contributed by atoms with E-state index in [4.69, 9.17) is 5.73 Å². The van der Waals surface area contributed by atoms with E-state index in [9.17, 15) is 8.78 Å². The highest BCUT2D eigenvalue weighted by atomic mass is 19.3. The highest BCUT2D eigenvalue weighted by Crippen LogP contribution is 2.16. The van der Waals surface area contributed by atoms with Gasteiger partial charge in [-0.3, -0.25) is 0 Å². The molecule has 0 aliphatic heterocycles. The molecular formula is C10H15F2N3. The van der Waals surface area contributed by atoms with Crippen molar-refractivity contribution in [1.29, 1.82) is 0 Å². The molecule has 1 aromatic heterocycles. The number of anilines is 1. The number of nitrogens with zero attached hydrogens (tertiary/aromatic N) is 2. The molecule has 3 nitrogen and oxygen atoms in total. The van der Waals surface area contributed by atoms with E-state index < -0.39 is 6.43 Å². The average Bonchev–Trinajstić information content (AvgIpc) is 2.17. The zero-order valence-electron chi connectivity index (χ0n) is 8.82. The van der Waals surface area contributed by atoms with Crippen molar-refractivity contribution in [1.82, 2.24) is 4.98 Å². The van der Waals surface area contributed by atoms with Gasteiger partial charge in [-0.15, -0.1) is 0 Å². The lowest BCUT2D eigenvalue weighted by molar-refractivity contribution is 0.156. The number of halogens is 2. The van der Waals surface area contributed by atoms with Gasteiger partial charge in [0.2, 0.25) is 0 Å². The van der Waals surface area contributed by atoms with Gasteiger partial charge in [0.05, 0.1) is 6.54 Å². The van der Waals surface area contributed by atoms with Crippen LogP contribution < -0.4 is 10.6 Å². The zero-order chi connectivity index (χ0) is 11.4. The quantitative estimate of drug-likeness (QED) is 0.832. The van der Waals surface area contributed by atoms with Gasteiger partial charge in [-0.2, -0.15) is 0 Å². The van der Waals surface area contributed by atoms with Crippen LogP contribution in [0.1, 0.15) is 18.5 Å². The predicted octanol–water partition coefficient (Wildman–Crippen LogP) is 1.80. The van der Waals surface area contributed by atoms with Crippen LogP contribution in [0.4, 0.5) is 14.6 Å². The van der Waals surface area contributed by atoms with E-state index >= 15 is 0 Å². The van der Waals surface area contributed by atoms with Crippen LogP contribution in [0.2, 0.25) is 0 Å². The summed E-state index contributed by atoms with van der Waals surface area (Å²) in [6.07, 6.45) is -0.786. The summed E-state index contributed by atoms with van der Waals surface area (Å²) in [5.74, 6) is 0.519. The second-order valence-electron chi connectivity index (χ2n) is 3.51. The summed E-state index contributed by atoms with van der Waals surface area (Å²) in [5, 5.41) is 0. The van der Waals surface area contributed by atoms with E-state index in [1.165, 1.54) is 4.90 Å². The van der Waals surface area contributed by atoms with Crippen molar-refractivity contribution in [3.8, 4) is 0 Å². The molecule has 0 radical (unpaired) electrons. The fourth-order valence-corrected chi connectivity index (χ4v) is 1.23. The molecule has 1 heterocycles. The summed E-state index contributed by atoms with van der Waals surface area (Å²) in [6.45, 7) is 1.52. The number of hydrogen-bond donors (Lipinski definition) is 1. The molecule has 1 rings (SSSR count). The summed E-state index contributed by atoms with van der Waals surface area (Å²) in [6, 6.07) is 3.39. The number of aromatic nitrogens is 1. The highest BCUT2D eigenvalue weighted by Gasteiger charge is 2.10. The molecular weight excluding hydrogens is 200 g/mol. The maximum Gasteiger partial charge on any atom is 0.255 e. The normalized spacial score (nSPS) is 12.9. The van der Waals surface area contributed by atoms with Gasteiger partial charge in [-0.25, -0.2) is 13.8 Å². The molecule has 5 heteroatoms. The predicted molar refractivity (Wildman–Crippen MR) is 56.1 cm³/mol. The Hall–Kier alpha value is -1.23. The topological polar surface area (TPSA) is 42.1 Å². The first kappa shape index (κ1) is 11.8. The molecule has 0 fully saturated rings. The van der Waals surface area contributed by atoms with Crippen molar-refractivity contribution >= 4 is 5.82 Å². The number of nitrogens with two attached hydrogens (primary N) is 1. The molecule has 0 amide bonds. The number of hydrogen-bond acceptors (Lipinski definition) is 3. The molecule has 0 bridgehead atoms. The molecule has 0 aliphatic rings. The lowest BCUT2D eigenvalue weighted by Crippen LogP contribution is -2.25. The van der Waals surface area contributed by atoms with Gasteiger partial charge < -0.3 is 10.6 Å². The summed E-state index contributed by atoms with van der Waals surface area (Å²) in [4.78, 5) is 5.43. The monoisotopic (exact) mass is 215 g/mol. The Morgan fingerprint density at radius 2 is 2.20 bits per heavy atom. The number of alkyl halides is 2. The molecule has 0 aromatic carbocycles. The summed E-state index contributed by atoms with van der Waals surface area (Å²) >= 11 is 0. The maximum atomic E-state index is 12.1. The van der Waals surface area contributed by atoms with Crippen molar-refractivity contribution in [3.05, 3.63) is 23.9 Å². The lowest BCUT2D eigenvalue weighted by atomic mass is 10.1.